The fourth-order valence-electron chi connectivity index (χ4n) is 2.26. The smallest absolute Gasteiger partial charge is 0.358 e. The third-order valence-electron chi connectivity index (χ3n) is 3.16. The molecule has 6 nitrogen and oxygen atoms in total. The number of rotatable bonds is 6. The molecule has 0 bridgehead atoms. The first kappa shape index (κ1) is 14.2. The molecule has 106 valence electrons. The van der Waals surface area contributed by atoms with E-state index in [4.69, 9.17) is 0 Å². The molecule has 0 spiro atoms. The molecule has 1 unspecified atom stereocenters. The van der Waals surface area contributed by atoms with Crippen molar-refractivity contribution in [1.82, 2.24) is 20.0 Å². The van der Waals surface area contributed by atoms with Crippen LogP contribution in [0.3, 0.4) is 0 Å². The van der Waals surface area contributed by atoms with Crippen LogP contribution in [-0.2, 0) is 6.54 Å². The fraction of sp³-hybridized carbons (Fsp3) is 0.429. The van der Waals surface area contributed by atoms with Crippen LogP contribution in [0.25, 0.3) is 11.3 Å². The Balaban J connectivity index is 2.41. The topological polar surface area (TPSA) is 80.9 Å². The van der Waals surface area contributed by atoms with Gasteiger partial charge in [0, 0.05) is 24.5 Å². The summed E-state index contributed by atoms with van der Waals surface area (Å²) in [5, 5.41) is 17.0. The third-order valence-corrected chi connectivity index (χ3v) is 3.16. The number of aromatic carboxylic acids is 1. The Morgan fingerprint density at radius 1 is 1.40 bits per heavy atom. The van der Waals surface area contributed by atoms with Crippen LogP contribution in [0.4, 0.5) is 0 Å². The van der Waals surface area contributed by atoms with Crippen LogP contribution in [0.15, 0.2) is 24.5 Å². The standard InChI is InChI=1S/C14H18N4O2/c1-3-4-10(2)9-18-13(11-5-7-15-8-6-11)12(14(19)20)16-17-18/h5-8,10H,3-4,9H2,1-2H3,(H,19,20). The maximum absolute atomic E-state index is 11.3. The number of pyridine rings is 1. The van der Waals surface area contributed by atoms with Gasteiger partial charge in [-0.05, 0) is 24.5 Å². The molecule has 0 aromatic carbocycles. The van der Waals surface area contributed by atoms with E-state index < -0.39 is 5.97 Å². The second-order valence-electron chi connectivity index (χ2n) is 4.90. The molecule has 6 heteroatoms. The molecule has 2 aromatic heterocycles. The highest BCUT2D eigenvalue weighted by molar-refractivity contribution is 5.92. The average Bonchev–Trinajstić information content (AvgIpc) is 2.83. The summed E-state index contributed by atoms with van der Waals surface area (Å²) >= 11 is 0. The van der Waals surface area contributed by atoms with Crippen LogP contribution >= 0.6 is 0 Å². The van der Waals surface area contributed by atoms with Gasteiger partial charge in [0.1, 0.15) is 5.69 Å². The minimum absolute atomic E-state index is 0.0140. The van der Waals surface area contributed by atoms with Crippen LogP contribution in [-0.4, -0.2) is 31.1 Å². The Morgan fingerprint density at radius 2 is 2.10 bits per heavy atom. The van der Waals surface area contributed by atoms with Crippen LogP contribution in [0, 0.1) is 5.92 Å². The lowest BCUT2D eigenvalue weighted by Crippen LogP contribution is -2.11. The molecular weight excluding hydrogens is 256 g/mol. The zero-order valence-corrected chi connectivity index (χ0v) is 11.7. The van der Waals surface area contributed by atoms with Gasteiger partial charge in [-0.2, -0.15) is 0 Å². The summed E-state index contributed by atoms with van der Waals surface area (Å²) in [5.41, 5.74) is 1.30. The minimum Gasteiger partial charge on any atom is -0.476 e. The summed E-state index contributed by atoms with van der Waals surface area (Å²) < 4.78 is 1.68. The van der Waals surface area contributed by atoms with E-state index in [0.29, 0.717) is 18.2 Å². The highest BCUT2D eigenvalue weighted by Crippen LogP contribution is 2.23. The molecule has 20 heavy (non-hydrogen) atoms. The molecule has 2 heterocycles. The lowest BCUT2D eigenvalue weighted by atomic mass is 10.1. The molecule has 0 amide bonds. The minimum atomic E-state index is -1.06. The van der Waals surface area contributed by atoms with E-state index in [9.17, 15) is 9.90 Å². The van der Waals surface area contributed by atoms with Gasteiger partial charge in [0.2, 0.25) is 0 Å². The molecule has 0 saturated heterocycles. The number of hydrogen-bond donors (Lipinski definition) is 1. The molecule has 0 radical (unpaired) electrons. The van der Waals surface area contributed by atoms with Crippen LogP contribution in [0.2, 0.25) is 0 Å². The first-order valence-corrected chi connectivity index (χ1v) is 6.70. The molecule has 2 aromatic rings. The van der Waals surface area contributed by atoms with Crippen LogP contribution in [0.1, 0.15) is 37.2 Å². The van der Waals surface area contributed by atoms with Crippen molar-refractivity contribution in [1.29, 1.82) is 0 Å². The van der Waals surface area contributed by atoms with Gasteiger partial charge in [-0.3, -0.25) is 4.98 Å². The Bertz CT molecular complexity index is 580. The Labute approximate surface area is 117 Å². The van der Waals surface area contributed by atoms with Gasteiger partial charge in [-0.1, -0.05) is 25.5 Å². The lowest BCUT2D eigenvalue weighted by Gasteiger charge is -2.12. The maximum Gasteiger partial charge on any atom is 0.358 e. The molecule has 0 aliphatic carbocycles. The maximum atomic E-state index is 11.3. The summed E-state index contributed by atoms with van der Waals surface area (Å²) in [6.45, 7) is 4.91. The van der Waals surface area contributed by atoms with E-state index in [1.54, 1.807) is 29.2 Å². The summed E-state index contributed by atoms with van der Waals surface area (Å²) in [7, 11) is 0. The van der Waals surface area contributed by atoms with Gasteiger partial charge in [-0.25, -0.2) is 9.48 Å². The van der Waals surface area contributed by atoms with E-state index in [-0.39, 0.29) is 5.69 Å². The Hall–Kier alpha value is -2.24. The number of hydrogen-bond acceptors (Lipinski definition) is 4. The number of carbonyl (C=O) groups is 1. The van der Waals surface area contributed by atoms with E-state index in [1.807, 2.05) is 0 Å². The average molecular weight is 274 g/mol. The fourth-order valence-corrected chi connectivity index (χ4v) is 2.26. The monoisotopic (exact) mass is 274 g/mol. The van der Waals surface area contributed by atoms with E-state index >= 15 is 0 Å². The van der Waals surface area contributed by atoms with Gasteiger partial charge < -0.3 is 5.11 Å². The number of carboxylic acid groups (broad SMARTS) is 1. The lowest BCUT2D eigenvalue weighted by molar-refractivity contribution is 0.0691. The Kier molecular flexibility index (Phi) is 4.45. The number of nitrogens with zero attached hydrogens (tertiary/aromatic N) is 4. The Morgan fingerprint density at radius 3 is 2.70 bits per heavy atom. The van der Waals surface area contributed by atoms with Gasteiger partial charge in [0.25, 0.3) is 0 Å². The van der Waals surface area contributed by atoms with Gasteiger partial charge >= 0.3 is 5.97 Å². The zero-order valence-electron chi connectivity index (χ0n) is 11.7. The van der Waals surface area contributed by atoms with Crippen molar-refractivity contribution in [3.8, 4) is 11.3 Å². The third kappa shape index (κ3) is 3.01. The second kappa shape index (κ2) is 6.27. The second-order valence-corrected chi connectivity index (χ2v) is 4.90. The van der Waals surface area contributed by atoms with Crippen LogP contribution in [0.5, 0.6) is 0 Å². The van der Waals surface area contributed by atoms with Crippen molar-refractivity contribution < 1.29 is 9.90 Å². The molecule has 0 saturated carbocycles. The summed E-state index contributed by atoms with van der Waals surface area (Å²) in [4.78, 5) is 15.2. The number of aromatic nitrogens is 4. The SMILES string of the molecule is CCCC(C)Cn1nnc(C(=O)O)c1-c1ccncc1. The normalized spacial score (nSPS) is 12.3. The van der Waals surface area contributed by atoms with Crippen molar-refractivity contribution in [3.05, 3.63) is 30.2 Å². The van der Waals surface area contributed by atoms with E-state index in [0.717, 1.165) is 18.4 Å². The molecular formula is C14H18N4O2. The summed E-state index contributed by atoms with van der Waals surface area (Å²) in [6.07, 6.45) is 5.42. The molecule has 1 N–H and O–H groups in total. The number of carboxylic acids is 1. The zero-order chi connectivity index (χ0) is 14.5. The van der Waals surface area contributed by atoms with Gasteiger partial charge in [-0.15, -0.1) is 5.10 Å². The quantitative estimate of drug-likeness (QED) is 0.875. The van der Waals surface area contributed by atoms with Crippen molar-refractivity contribution in [2.24, 2.45) is 5.92 Å². The van der Waals surface area contributed by atoms with E-state index in [2.05, 4.69) is 29.1 Å². The van der Waals surface area contributed by atoms with Gasteiger partial charge in [0.05, 0.1) is 0 Å². The van der Waals surface area contributed by atoms with Crippen LogP contribution < -0.4 is 0 Å². The molecule has 1 atom stereocenters. The molecule has 0 aliphatic rings. The van der Waals surface area contributed by atoms with Crippen molar-refractivity contribution in [2.75, 3.05) is 0 Å². The first-order valence-electron chi connectivity index (χ1n) is 6.70. The summed E-state index contributed by atoms with van der Waals surface area (Å²) in [6, 6.07) is 3.54. The van der Waals surface area contributed by atoms with Crippen molar-refractivity contribution >= 4 is 5.97 Å². The van der Waals surface area contributed by atoms with E-state index in [1.165, 1.54) is 0 Å². The predicted octanol–water partition coefficient (Wildman–Crippen LogP) is 2.47. The highest BCUT2D eigenvalue weighted by Gasteiger charge is 2.21. The molecule has 0 fully saturated rings. The van der Waals surface area contributed by atoms with Crippen molar-refractivity contribution in [3.63, 3.8) is 0 Å². The molecule has 0 aliphatic heterocycles. The van der Waals surface area contributed by atoms with Crippen molar-refractivity contribution in [2.45, 2.75) is 33.2 Å². The highest BCUT2D eigenvalue weighted by atomic mass is 16.4. The predicted molar refractivity (Wildman–Crippen MR) is 74.3 cm³/mol. The first-order chi connectivity index (χ1) is 9.63. The molecule has 2 rings (SSSR count). The van der Waals surface area contributed by atoms with Gasteiger partial charge in [0.15, 0.2) is 5.69 Å². The largest absolute Gasteiger partial charge is 0.476 e. The summed E-state index contributed by atoms with van der Waals surface area (Å²) in [5.74, 6) is -0.643.